The number of nitrogens with one attached hydrogen (secondary N) is 1. The Bertz CT molecular complexity index is 1370. The molecule has 2 heterocycles. The molecule has 0 bridgehead atoms. The number of carbonyl (C=O) groups excluding carboxylic acids is 2. The normalized spacial score (nSPS) is 11.9. The Hall–Kier alpha value is -4.39. The number of pyridine rings is 1. The van der Waals surface area contributed by atoms with Gasteiger partial charge in [0.05, 0.1) is 28.9 Å². The topological polar surface area (TPSA) is 86.8 Å². The Labute approximate surface area is 189 Å². The maximum atomic E-state index is 13.2. The molecule has 1 amide bonds. The molecule has 0 saturated heterocycles. The molecular weight excluding hydrogens is 420 g/mol. The molecule has 1 N–H and O–H groups in total. The lowest BCUT2D eigenvalue weighted by atomic mass is 10.0. The van der Waals surface area contributed by atoms with Crippen LogP contribution in [0.2, 0.25) is 0 Å². The van der Waals surface area contributed by atoms with Gasteiger partial charge in [-0.25, -0.2) is 9.78 Å². The Kier molecular flexibility index (Phi) is 5.36. The van der Waals surface area contributed by atoms with Crippen LogP contribution >= 0.6 is 0 Å². The number of carbonyl (C=O) groups is 2. The first-order valence-electron chi connectivity index (χ1n) is 10.5. The predicted octanol–water partition coefficient (Wildman–Crippen LogP) is 5.06. The van der Waals surface area contributed by atoms with Crippen molar-refractivity contribution in [1.82, 2.24) is 4.98 Å². The van der Waals surface area contributed by atoms with Gasteiger partial charge in [-0.2, -0.15) is 0 Å². The number of aromatic nitrogens is 1. The molecule has 164 valence electrons. The summed E-state index contributed by atoms with van der Waals surface area (Å²) >= 11 is 0. The molecule has 7 heteroatoms. The van der Waals surface area contributed by atoms with Gasteiger partial charge in [-0.1, -0.05) is 18.2 Å². The molecule has 0 radical (unpaired) electrons. The van der Waals surface area contributed by atoms with E-state index in [4.69, 9.17) is 19.2 Å². The van der Waals surface area contributed by atoms with E-state index in [1.807, 2.05) is 42.5 Å². The lowest BCUT2D eigenvalue weighted by Gasteiger charge is -2.11. The Morgan fingerprint density at radius 1 is 0.970 bits per heavy atom. The number of fused-ring (bicyclic) bond motifs is 2. The van der Waals surface area contributed by atoms with Gasteiger partial charge in [-0.15, -0.1) is 0 Å². The first-order valence-corrected chi connectivity index (χ1v) is 10.5. The van der Waals surface area contributed by atoms with Crippen molar-refractivity contribution in [2.75, 3.05) is 18.7 Å². The molecule has 1 aliphatic rings. The van der Waals surface area contributed by atoms with Crippen molar-refractivity contribution in [1.29, 1.82) is 0 Å². The van der Waals surface area contributed by atoms with Crippen LogP contribution in [0.1, 0.15) is 27.6 Å². The number of rotatable bonds is 5. The summed E-state index contributed by atoms with van der Waals surface area (Å²) in [4.78, 5) is 29.8. The highest BCUT2D eigenvalue weighted by Gasteiger charge is 2.18. The second-order valence-corrected chi connectivity index (χ2v) is 7.39. The summed E-state index contributed by atoms with van der Waals surface area (Å²) in [7, 11) is 0. The summed E-state index contributed by atoms with van der Waals surface area (Å²) in [6.45, 7) is 2.24. The van der Waals surface area contributed by atoms with Crippen molar-refractivity contribution >= 4 is 28.5 Å². The molecule has 0 atom stereocenters. The van der Waals surface area contributed by atoms with E-state index in [9.17, 15) is 9.59 Å². The standard InChI is InChI=1S/C26H20N2O5/c1-2-31-26(30)16-7-10-18(11-8-16)27-25(29)20-14-22(28-21-6-4-3-5-19(20)21)17-9-12-23-24(13-17)33-15-32-23/h3-14H,2,15H2,1H3,(H,27,29). The van der Waals surface area contributed by atoms with E-state index in [1.165, 1.54) is 0 Å². The average molecular weight is 440 g/mol. The molecule has 4 aromatic rings. The lowest BCUT2D eigenvalue weighted by molar-refractivity contribution is 0.0526. The van der Waals surface area contributed by atoms with Gasteiger partial charge in [0.2, 0.25) is 6.79 Å². The fraction of sp³-hybridized carbons (Fsp3) is 0.115. The summed E-state index contributed by atoms with van der Waals surface area (Å²) in [5, 5.41) is 3.64. The fourth-order valence-corrected chi connectivity index (χ4v) is 3.67. The van der Waals surface area contributed by atoms with E-state index in [2.05, 4.69) is 5.32 Å². The third-order valence-electron chi connectivity index (χ3n) is 5.28. The Balaban J connectivity index is 1.48. The van der Waals surface area contributed by atoms with Crippen LogP contribution < -0.4 is 14.8 Å². The molecule has 1 aromatic heterocycles. The van der Waals surface area contributed by atoms with Gasteiger partial charge < -0.3 is 19.5 Å². The summed E-state index contributed by atoms with van der Waals surface area (Å²) < 4.78 is 15.9. The zero-order valence-corrected chi connectivity index (χ0v) is 17.8. The molecule has 0 saturated carbocycles. The number of nitrogens with zero attached hydrogens (tertiary/aromatic N) is 1. The van der Waals surface area contributed by atoms with Crippen LogP contribution in [0.4, 0.5) is 5.69 Å². The van der Waals surface area contributed by atoms with E-state index >= 15 is 0 Å². The van der Waals surface area contributed by atoms with Crippen LogP contribution in [0.15, 0.2) is 72.8 Å². The minimum absolute atomic E-state index is 0.187. The quantitative estimate of drug-likeness (QED) is 0.437. The summed E-state index contributed by atoms with van der Waals surface area (Å²) in [5.74, 6) is 0.655. The molecule has 0 unspecified atom stereocenters. The van der Waals surface area contributed by atoms with Crippen molar-refractivity contribution < 1.29 is 23.8 Å². The van der Waals surface area contributed by atoms with E-state index in [1.54, 1.807) is 37.3 Å². The largest absolute Gasteiger partial charge is 0.462 e. The van der Waals surface area contributed by atoms with Gasteiger partial charge in [0.25, 0.3) is 5.91 Å². The monoisotopic (exact) mass is 440 g/mol. The first-order chi connectivity index (χ1) is 16.1. The number of benzene rings is 3. The highest BCUT2D eigenvalue weighted by Crippen LogP contribution is 2.36. The zero-order chi connectivity index (χ0) is 22.8. The molecule has 33 heavy (non-hydrogen) atoms. The minimum Gasteiger partial charge on any atom is -0.462 e. The number of ether oxygens (including phenoxy) is 3. The first kappa shape index (κ1) is 20.5. The van der Waals surface area contributed by atoms with Gasteiger partial charge in [-0.3, -0.25) is 4.79 Å². The highest BCUT2D eigenvalue weighted by molar-refractivity contribution is 6.13. The summed E-state index contributed by atoms with van der Waals surface area (Å²) in [6.07, 6.45) is 0. The number of hydrogen-bond donors (Lipinski definition) is 1. The molecule has 0 aliphatic carbocycles. The summed E-state index contributed by atoms with van der Waals surface area (Å²) in [6, 6.07) is 21.4. The zero-order valence-electron chi connectivity index (χ0n) is 17.8. The third kappa shape index (κ3) is 4.08. The van der Waals surface area contributed by atoms with Crippen LogP contribution in [0, 0.1) is 0 Å². The molecule has 7 nitrogen and oxygen atoms in total. The van der Waals surface area contributed by atoms with Crippen molar-refractivity contribution in [2.45, 2.75) is 6.92 Å². The third-order valence-corrected chi connectivity index (χ3v) is 5.28. The number of hydrogen-bond acceptors (Lipinski definition) is 6. The van der Waals surface area contributed by atoms with Crippen LogP contribution in [-0.2, 0) is 4.74 Å². The van der Waals surface area contributed by atoms with Crippen molar-refractivity contribution in [2.24, 2.45) is 0 Å². The van der Waals surface area contributed by atoms with Gasteiger partial charge in [0, 0.05) is 16.6 Å². The maximum absolute atomic E-state index is 13.2. The maximum Gasteiger partial charge on any atom is 0.338 e. The van der Waals surface area contributed by atoms with Gasteiger partial charge in [0.1, 0.15) is 0 Å². The van der Waals surface area contributed by atoms with Crippen LogP contribution in [0.3, 0.4) is 0 Å². The van der Waals surface area contributed by atoms with Crippen molar-refractivity contribution in [3.63, 3.8) is 0 Å². The second-order valence-electron chi connectivity index (χ2n) is 7.39. The van der Waals surface area contributed by atoms with Crippen LogP contribution in [0.5, 0.6) is 11.5 Å². The molecule has 1 aliphatic heterocycles. The molecule has 0 fully saturated rings. The number of anilines is 1. The summed E-state index contributed by atoms with van der Waals surface area (Å²) in [5.41, 5.74) is 3.65. The molecule has 0 spiro atoms. The predicted molar refractivity (Wildman–Crippen MR) is 124 cm³/mol. The van der Waals surface area contributed by atoms with Crippen molar-refractivity contribution in [3.05, 3.63) is 83.9 Å². The second kappa shape index (κ2) is 8.63. The lowest BCUT2D eigenvalue weighted by Crippen LogP contribution is -2.13. The Morgan fingerprint density at radius 2 is 1.76 bits per heavy atom. The molecular formula is C26H20N2O5. The van der Waals surface area contributed by atoms with Crippen LogP contribution in [0.25, 0.3) is 22.2 Å². The van der Waals surface area contributed by atoms with Gasteiger partial charge in [-0.05, 0) is 61.5 Å². The minimum atomic E-state index is -0.399. The van der Waals surface area contributed by atoms with Gasteiger partial charge in [0.15, 0.2) is 11.5 Å². The Morgan fingerprint density at radius 3 is 2.58 bits per heavy atom. The highest BCUT2D eigenvalue weighted by atomic mass is 16.7. The van der Waals surface area contributed by atoms with Gasteiger partial charge >= 0.3 is 5.97 Å². The number of esters is 1. The smallest absolute Gasteiger partial charge is 0.338 e. The van der Waals surface area contributed by atoms with E-state index < -0.39 is 5.97 Å². The van der Waals surface area contributed by atoms with E-state index in [0.29, 0.717) is 46.1 Å². The number of amides is 1. The average Bonchev–Trinajstić information content (AvgIpc) is 3.32. The van der Waals surface area contributed by atoms with Crippen molar-refractivity contribution in [3.8, 4) is 22.8 Å². The SMILES string of the molecule is CCOC(=O)c1ccc(NC(=O)c2cc(-c3ccc4c(c3)OCO4)nc3ccccc23)cc1. The van der Waals surface area contributed by atoms with E-state index in [0.717, 1.165) is 10.9 Å². The fourth-order valence-electron chi connectivity index (χ4n) is 3.67. The van der Waals surface area contributed by atoms with E-state index in [-0.39, 0.29) is 12.7 Å². The molecule has 3 aromatic carbocycles. The van der Waals surface area contributed by atoms with Crippen LogP contribution in [-0.4, -0.2) is 30.3 Å². The molecule has 5 rings (SSSR count). The number of para-hydroxylation sites is 1.